The third-order valence-electron chi connectivity index (χ3n) is 16.5. The minimum atomic E-state index is -4.95. The highest BCUT2D eigenvalue weighted by Gasteiger charge is 2.30. The highest BCUT2D eigenvalue weighted by molar-refractivity contribution is 7.47. The predicted octanol–water partition coefficient (Wildman–Crippen LogP) is 20.5. The van der Waals surface area contributed by atoms with Crippen LogP contribution in [0.25, 0.3) is 0 Å². The molecule has 0 aliphatic heterocycles. The van der Waals surface area contributed by atoms with Crippen molar-refractivity contribution in [2.75, 3.05) is 39.6 Å². The van der Waals surface area contributed by atoms with Gasteiger partial charge in [-0.25, -0.2) is 9.13 Å². The molecule has 0 spiro atoms. The topological polar surface area (TPSA) is 237 Å². The fourth-order valence-electron chi connectivity index (χ4n) is 10.8. The van der Waals surface area contributed by atoms with E-state index in [2.05, 4.69) is 34.6 Å². The number of aliphatic hydroxyl groups is 1. The van der Waals surface area contributed by atoms with Crippen LogP contribution < -0.4 is 0 Å². The Balaban J connectivity index is 5.11. The number of phosphoric ester groups is 2. The molecule has 0 radical (unpaired) electrons. The van der Waals surface area contributed by atoms with E-state index in [0.717, 1.165) is 102 Å². The third-order valence-corrected chi connectivity index (χ3v) is 18.4. The first-order valence-electron chi connectivity index (χ1n) is 37.1. The number of hydrogen-bond donors (Lipinski definition) is 3. The molecule has 90 heavy (non-hydrogen) atoms. The van der Waals surface area contributed by atoms with Crippen molar-refractivity contribution in [3.8, 4) is 0 Å². The molecule has 0 fully saturated rings. The second kappa shape index (κ2) is 64.4. The van der Waals surface area contributed by atoms with Crippen LogP contribution in [0.2, 0.25) is 0 Å². The summed E-state index contributed by atoms with van der Waals surface area (Å²) in [5, 5.41) is 10.6. The SMILES string of the molecule is CCCCCCCCCCCCCCCCCCCCCCCCC(=O)O[C@H](COC(=O)CCCCCCCCCCC(C)C)COP(=O)(O)OC[C@@H](O)COP(=O)(O)OC[C@@H](COC(=O)CCCCCCCCCC)OC(=O)CCCCCCCCCCC. The second-order valence-electron chi connectivity index (χ2n) is 26.1. The number of rotatable bonds is 71. The van der Waals surface area contributed by atoms with Gasteiger partial charge in [-0.1, -0.05) is 317 Å². The number of ether oxygens (including phenoxy) is 4. The van der Waals surface area contributed by atoms with E-state index in [-0.39, 0.29) is 25.7 Å². The maximum absolute atomic E-state index is 13.0. The van der Waals surface area contributed by atoms with E-state index in [1.807, 2.05) is 0 Å². The van der Waals surface area contributed by atoms with Crippen molar-refractivity contribution >= 4 is 39.5 Å². The quantitative estimate of drug-likeness (QED) is 0.0222. The lowest BCUT2D eigenvalue weighted by Gasteiger charge is -2.21. The lowest BCUT2D eigenvalue weighted by atomic mass is 10.0. The first-order chi connectivity index (χ1) is 43.5. The van der Waals surface area contributed by atoms with Crippen LogP contribution >= 0.6 is 15.6 Å². The number of esters is 4. The monoisotopic (exact) mass is 1320 g/mol. The molecule has 0 saturated carbocycles. The van der Waals surface area contributed by atoms with Gasteiger partial charge in [-0.2, -0.15) is 0 Å². The van der Waals surface area contributed by atoms with E-state index >= 15 is 0 Å². The van der Waals surface area contributed by atoms with Gasteiger partial charge in [-0.05, 0) is 31.6 Å². The number of carbonyl (C=O) groups excluding carboxylic acids is 4. The van der Waals surface area contributed by atoms with E-state index in [4.69, 9.17) is 37.0 Å². The summed E-state index contributed by atoms with van der Waals surface area (Å²) in [5.41, 5.74) is 0. The molecule has 0 aromatic heterocycles. The van der Waals surface area contributed by atoms with Crippen molar-refractivity contribution in [2.45, 2.75) is 387 Å². The van der Waals surface area contributed by atoms with Crippen LogP contribution in [0.1, 0.15) is 369 Å². The van der Waals surface area contributed by atoms with Crippen molar-refractivity contribution < 1.29 is 80.2 Å². The number of phosphoric acid groups is 2. The zero-order chi connectivity index (χ0) is 66.3. The van der Waals surface area contributed by atoms with Crippen molar-refractivity contribution in [2.24, 2.45) is 5.92 Å². The van der Waals surface area contributed by atoms with Crippen molar-refractivity contribution in [3.63, 3.8) is 0 Å². The van der Waals surface area contributed by atoms with Crippen molar-refractivity contribution in [1.29, 1.82) is 0 Å². The maximum atomic E-state index is 13.0. The Labute approximate surface area is 549 Å². The van der Waals surface area contributed by atoms with Gasteiger partial charge in [0.05, 0.1) is 26.4 Å². The molecule has 3 N–H and O–H groups in total. The van der Waals surface area contributed by atoms with Gasteiger partial charge in [0, 0.05) is 25.7 Å². The molecule has 0 aliphatic carbocycles. The molecular formula is C71H138O17P2. The predicted molar refractivity (Wildman–Crippen MR) is 363 cm³/mol. The molecule has 0 amide bonds. The summed E-state index contributed by atoms with van der Waals surface area (Å²) in [5.74, 6) is -1.40. The summed E-state index contributed by atoms with van der Waals surface area (Å²) in [6, 6.07) is 0. The van der Waals surface area contributed by atoms with E-state index in [0.29, 0.717) is 25.7 Å². The first kappa shape index (κ1) is 88.1. The molecule has 0 aliphatic rings. The Morgan fingerprint density at radius 1 is 0.300 bits per heavy atom. The normalized spacial score (nSPS) is 14.1. The summed E-state index contributed by atoms with van der Waals surface area (Å²) < 4.78 is 68.1. The zero-order valence-corrected chi connectivity index (χ0v) is 60.1. The van der Waals surface area contributed by atoms with Gasteiger partial charge in [0.2, 0.25) is 0 Å². The minimum absolute atomic E-state index is 0.106. The number of hydrogen-bond acceptors (Lipinski definition) is 15. The summed E-state index contributed by atoms with van der Waals surface area (Å²) >= 11 is 0. The first-order valence-corrected chi connectivity index (χ1v) is 40.1. The Kier molecular flexibility index (Phi) is 63.0. The van der Waals surface area contributed by atoms with Gasteiger partial charge in [0.25, 0.3) is 0 Å². The van der Waals surface area contributed by atoms with E-state index in [1.54, 1.807) is 0 Å². The standard InChI is InChI=1S/C71H138O17P2/c1-6-9-12-15-18-21-22-23-24-25-26-27-28-29-30-31-32-33-35-42-47-52-57-71(76)88-67(61-82-69(74)55-50-45-40-37-36-38-43-48-53-64(4)5)63-86-90(79,80)84-59-65(72)58-83-89(77,78)85-62-66(60-81-68(73)54-49-44-39-20-17-14-11-8-3)87-70(75)56-51-46-41-34-19-16-13-10-7-2/h64-67,72H,6-63H2,1-5H3,(H,77,78)(H,79,80)/t65-,66+,67+/m0/s1. The van der Waals surface area contributed by atoms with Crippen molar-refractivity contribution in [3.05, 3.63) is 0 Å². The number of aliphatic hydroxyl groups excluding tert-OH is 1. The number of unbranched alkanes of at least 4 members (excludes halogenated alkanes) is 43. The highest BCUT2D eigenvalue weighted by atomic mass is 31.2. The largest absolute Gasteiger partial charge is 0.472 e. The molecule has 2 unspecified atom stereocenters. The van der Waals surface area contributed by atoms with Crippen LogP contribution in [0.4, 0.5) is 0 Å². The van der Waals surface area contributed by atoms with Crippen LogP contribution in [0.15, 0.2) is 0 Å². The minimum Gasteiger partial charge on any atom is -0.462 e. The average Bonchev–Trinajstić information content (AvgIpc) is 3.72. The molecule has 0 rings (SSSR count). The van der Waals surface area contributed by atoms with Crippen LogP contribution in [-0.2, 0) is 65.4 Å². The van der Waals surface area contributed by atoms with Gasteiger partial charge in [-0.15, -0.1) is 0 Å². The van der Waals surface area contributed by atoms with E-state index in [9.17, 15) is 43.2 Å². The van der Waals surface area contributed by atoms with Crippen molar-refractivity contribution in [1.82, 2.24) is 0 Å². The molecule has 0 saturated heterocycles. The average molecular weight is 1330 g/mol. The Hall–Kier alpha value is -1.94. The Morgan fingerprint density at radius 2 is 0.511 bits per heavy atom. The van der Waals surface area contributed by atoms with Crippen LogP contribution in [0.5, 0.6) is 0 Å². The molecule has 5 atom stereocenters. The van der Waals surface area contributed by atoms with Crippen LogP contribution in [-0.4, -0.2) is 96.7 Å². The third kappa shape index (κ3) is 64.8. The fourth-order valence-corrected chi connectivity index (χ4v) is 12.4. The van der Waals surface area contributed by atoms with E-state index < -0.39 is 97.5 Å². The van der Waals surface area contributed by atoms with Crippen LogP contribution in [0.3, 0.4) is 0 Å². The van der Waals surface area contributed by atoms with Crippen LogP contribution in [0, 0.1) is 5.92 Å². The lowest BCUT2D eigenvalue weighted by Crippen LogP contribution is -2.30. The summed E-state index contributed by atoms with van der Waals surface area (Å²) in [6.07, 6.45) is 51.7. The molecule has 0 heterocycles. The second-order valence-corrected chi connectivity index (χ2v) is 29.0. The smallest absolute Gasteiger partial charge is 0.462 e. The summed E-state index contributed by atoms with van der Waals surface area (Å²) in [4.78, 5) is 72.3. The van der Waals surface area contributed by atoms with Gasteiger partial charge < -0.3 is 33.8 Å². The summed E-state index contributed by atoms with van der Waals surface area (Å²) in [7, 11) is -9.89. The molecule has 534 valence electrons. The maximum Gasteiger partial charge on any atom is 0.472 e. The fraction of sp³-hybridized carbons (Fsp3) is 0.944. The molecule has 0 aromatic rings. The molecule has 19 heteroatoms. The Bertz CT molecular complexity index is 1740. The lowest BCUT2D eigenvalue weighted by molar-refractivity contribution is -0.161. The molecular weight excluding hydrogens is 1190 g/mol. The van der Waals surface area contributed by atoms with Gasteiger partial charge in [0.15, 0.2) is 12.2 Å². The molecule has 17 nitrogen and oxygen atoms in total. The molecule has 0 bridgehead atoms. The van der Waals surface area contributed by atoms with Gasteiger partial charge in [0.1, 0.15) is 19.3 Å². The molecule has 0 aromatic carbocycles. The Morgan fingerprint density at radius 3 is 0.756 bits per heavy atom. The number of carbonyl (C=O) groups is 4. The van der Waals surface area contributed by atoms with Gasteiger partial charge >= 0.3 is 39.5 Å². The summed E-state index contributed by atoms with van der Waals surface area (Å²) in [6.45, 7) is 7.16. The zero-order valence-electron chi connectivity index (χ0n) is 58.3. The van der Waals surface area contributed by atoms with E-state index in [1.165, 1.54) is 186 Å². The highest BCUT2D eigenvalue weighted by Crippen LogP contribution is 2.45. The van der Waals surface area contributed by atoms with Gasteiger partial charge in [-0.3, -0.25) is 37.3 Å².